The van der Waals surface area contributed by atoms with Crippen molar-refractivity contribution in [3.05, 3.63) is 0 Å². The molecule has 3 nitrogen and oxygen atoms in total. The fourth-order valence-corrected chi connectivity index (χ4v) is 1.98. The molecule has 0 aromatic rings. The van der Waals surface area contributed by atoms with Crippen LogP contribution in [0.15, 0.2) is 0 Å². The molecule has 0 aliphatic carbocycles. The van der Waals surface area contributed by atoms with Gasteiger partial charge in [-0.15, -0.1) is 0 Å². The zero-order chi connectivity index (χ0) is 8.93. The first-order valence-electron chi connectivity index (χ1n) is 5.39. The van der Waals surface area contributed by atoms with Gasteiger partial charge < -0.3 is 14.8 Å². The van der Waals surface area contributed by atoms with Gasteiger partial charge in [-0.2, -0.15) is 0 Å². The Balaban J connectivity index is 1.60. The summed E-state index contributed by atoms with van der Waals surface area (Å²) in [5.41, 5.74) is 0. The van der Waals surface area contributed by atoms with Crippen LogP contribution in [0.3, 0.4) is 0 Å². The summed E-state index contributed by atoms with van der Waals surface area (Å²) < 4.78 is 11.3. The van der Waals surface area contributed by atoms with Crippen molar-refractivity contribution in [3.8, 4) is 0 Å². The van der Waals surface area contributed by atoms with E-state index in [0.717, 1.165) is 26.3 Å². The SMILES string of the molecule is C1CNC[C@@H](OC[C@@H]2CCCO2)C1. The van der Waals surface area contributed by atoms with Crippen LogP contribution in [0.25, 0.3) is 0 Å². The fraction of sp³-hybridized carbons (Fsp3) is 1.00. The van der Waals surface area contributed by atoms with E-state index in [-0.39, 0.29) is 0 Å². The second kappa shape index (κ2) is 4.94. The second-order valence-electron chi connectivity index (χ2n) is 3.94. The first kappa shape index (κ1) is 9.44. The molecule has 0 amide bonds. The highest BCUT2D eigenvalue weighted by Gasteiger charge is 2.19. The first-order chi connectivity index (χ1) is 6.45. The summed E-state index contributed by atoms with van der Waals surface area (Å²) in [6.07, 6.45) is 5.65. The number of ether oxygens (including phenoxy) is 2. The van der Waals surface area contributed by atoms with Crippen molar-refractivity contribution in [1.82, 2.24) is 5.32 Å². The van der Waals surface area contributed by atoms with Gasteiger partial charge in [0, 0.05) is 13.2 Å². The van der Waals surface area contributed by atoms with E-state index >= 15 is 0 Å². The molecule has 2 aliphatic rings. The minimum Gasteiger partial charge on any atom is -0.376 e. The minimum atomic E-state index is 0.377. The Bertz CT molecular complexity index is 140. The summed E-state index contributed by atoms with van der Waals surface area (Å²) >= 11 is 0. The van der Waals surface area contributed by atoms with E-state index in [1.54, 1.807) is 0 Å². The van der Waals surface area contributed by atoms with E-state index in [4.69, 9.17) is 9.47 Å². The van der Waals surface area contributed by atoms with Crippen molar-refractivity contribution in [2.24, 2.45) is 0 Å². The molecule has 2 atom stereocenters. The van der Waals surface area contributed by atoms with Crippen molar-refractivity contribution in [2.45, 2.75) is 37.9 Å². The minimum absolute atomic E-state index is 0.377. The first-order valence-corrected chi connectivity index (χ1v) is 5.39. The third-order valence-electron chi connectivity index (χ3n) is 2.79. The van der Waals surface area contributed by atoms with Crippen LogP contribution in [-0.2, 0) is 9.47 Å². The molecule has 0 unspecified atom stereocenters. The fourth-order valence-electron chi connectivity index (χ4n) is 1.98. The molecular weight excluding hydrogens is 166 g/mol. The van der Waals surface area contributed by atoms with Crippen LogP contribution < -0.4 is 5.32 Å². The molecular formula is C10H19NO2. The normalized spacial score (nSPS) is 35.1. The molecule has 13 heavy (non-hydrogen) atoms. The maximum absolute atomic E-state index is 5.78. The molecule has 2 aliphatic heterocycles. The predicted molar refractivity (Wildman–Crippen MR) is 50.8 cm³/mol. The van der Waals surface area contributed by atoms with Crippen molar-refractivity contribution < 1.29 is 9.47 Å². The van der Waals surface area contributed by atoms with Crippen LogP contribution >= 0.6 is 0 Å². The highest BCUT2D eigenvalue weighted by atomic mass is 16.5. The lowest BCUT2D eigenvalue weighted by Gasteiger charge is -2.24. The Kier molecular flexibility index (Phi) is 3.58. The van der Waals surface area contributed by atoms with Gasteiger partial charge in [0.05, 0.1) is 18.8 Å². The van der Waals surface area contributed by atoms with Gasteiger partial charge in [0.15, 0.2) is 0 Å². The quantitative estimate of drug-likeness (QED) is 0.709. The molecule has 76 valence electrons. The molecule has 1 N–H and O–H groups in total. The van der Waals surface area contributed by atoms with Crippen molar-refractivity contribution in [3.63, 3.8) is 0 Å². The lowest BCUT2D eigenvalue weighted by Crippen LogP contribution is -2.36. The van der Waals surface area contributed by atoms with Gasteiger partial charge in [0.1, 0.15) is 0 Å². The Morgan fingerprint density at radius 2 is 2.31 bits per heavy atom. The van der Waals surface area contributed by atoms with Crippen LogP contribution in [0, 0.1) is 0 Å². The number of hydrogen-bond acceptors (Lipinski definition) is 3. The molecule has 0 radical (unpaired) electrons. The largest absolute Gasteiger partial charge is 0.376 e. The van der Waals surface area contributed by atoms with Crippen molar-refractivity contribution in [2.75, 3.05) is 26.3 Å². The van der Waals surface area contributed by atoms with Gasteiger partial charge in [0.2, 0.25) is 0 Å². The number of nitrogens with one attached hydrogen (secondary N) is 1. The number of rotatable bonds is 3. The number of hydrogen-bond donors (Lipinski definition) is 1. The van der Waals surface area contributed by atoms with Crippen LogP contribution in [0.1, 0.15) is 25.7 Å². The molecule has 0 spiro atoms. The Morgan fingerprint density at radius 1 is 1.31 bits per heavy atom. The summed E-state index contributed by atoms with van der Waals surface area (Å²) in [7, 11) is 0. The third-order valence-corrected chi connectivity index (χ3v) is 2.79. The Morgan fingerprint density at radius 3 is 3.00 bits per heavy atom. The maximum atomic E-state index is 5.78. The van der Waals surface area contributed by atoms with Crippen LogP contribution in [0.2, 0.25) is 0 Å². The van der Waals surface area contributed by atoms with Gasteiger partial charge in [-0.05, 0) is 32.2 Å². The van der Waals surface area contributed by atoms with E-state index in [0.29, 0.717) is 12.2 Å². The van der Waals surface area contributed by atoms with Gasteiger partial charge in [-0.3, -0.25) is 0 Å². The highest BCUT2D eigenvalue weighted by molar-refractivity contribution is 4.71. The smallest absolute Gasteiger partial charge is 0.0809 e. The average Bonchev–Trinajstić information content (AvgIpc) is 2.69. The second-order valence-corrected chi connectivity index (χ2v) is 3.94. The Hall–Kier alpha value is -0.120. The lowest BCUT2D eigenvalue weighted by atomic mass is 10.1. The number of piperidine rings is 1. The molecule has 0 aromatic heterocycles. The summed E-state index contributed by atoms with van der Waals surface area (Å²) in [4.78, 5) is 0. The summed E-state index contributed by atoms with van der Waals surface area (Å²) in [6.45, 7) is 3.90. The summed E-state index contributed by atoms with van der Waals surface area (Å²) in [5.74, 6) is 0. The molecule has 2 saturated heterocycles. The lowest BCUT2D eigenvalue weighted by molar-refractivity contribution is -0.0274. The van der Waals surface area contributed by atoms with E-state index in [2.05, 4.69) is 5.32 Å². The van der Waals surface area contributed by atoms with E-state index < -0.39 is 0 Å². The third kappa shape index (κ3) is 2.93. The summed E-state index contributed by atoms with van der Waals surface area (Å²) in [6, 6.07) is 0. The highest BCUT2D eigenvalue weighted by Crippen LogP contribution is 2.14. The van der Waals surface area contributed by atoms with Gasteiger partial charge in [0.25, 0.3) is 0 Å². The predicted octanol–water partition coefficient (Wildman–Crippen LogP) is 0.934. The molecule has 0 aromatic carbocycles. The van der Waals surface area contributed by atoms with Crippen molar-refractivity contribution >= 4 is 0 Å². The Labute approximate surface area is 79.8 Å². The monoisotopic (exact) mass is 185 g/mol. The van der Waals surface area contributed by atoms with E-state index in [9.17, 15) is 0 Å². The zero-order valence-corrected chi connectivity index (χ0v) is 8.13. The van der Waals surface area contributed by atoms with Crippen LogP contribution in [-0.4, -0.2) is 38.5 Å². The molecule has 0 saturated carbocycles. The standard InChI is InChI=1S/C10H19NO2/c1-3-9(7-11-5-1)13-8-10-4-2-6-12-10/h9-11H,1-8H2/t9-,10-/m0/s1. The van der Waals surface area contributed by atoms with Gasteiger partial charge >= 0.3 is 0 Å². The van der Waals surface area contributed by atoms with Gasteiger partial charge in [-0.1, -0.05) is 0 Å². The van der Waals surface area contributed by atoms with Crippen molar-refractivity contribution in [1.29, 1.82) is 0 Å². The van der Waals surface area contributed by atoms with E-state index in [1.807, 2.05) is 0 Å². The summed E-state index contributed by atoms with van der Waals surface area (Å²) in [5, 5.41) is 3.34. The van der Waals surface area contributed by atoms with Crippen LogP contribution in [0.5, 0.6) is 0 Å². The molecule has 0 bridgehead atoms. The molecule has 2 fully saturated rings. The molecule has 3 heteroatoms. The zero-order valence-electron chi connectivity index (χ0n) is 8.13. The molecule has 2 heterocycles. The average molecular weight is 185 g/mol. The van der Waals surface area contributed by atoms with Crippen LogP contribution in [0.4, 0.5) is 0 Å². The van der Waals surface area contributed by atoms with Gasteiger partial charge in [-0.25, -0.2) is 0 Å². The topological polar surface area (TPSA) is 30.5 Å². The van der Waals surface area contributed by atoms with E-state index in [1.165, 1.54) is 25.7 Å². The maximum Gasteiger partial charge on any atom is 0.0809 e. The molecule has 2 rings (SSSR count).